The summed E-state index contributed by atoms with van der Waals surface area (Å²) in [5.41, 5.74) is 2.87. The lowest BCUT2D eigenvalue weighted by Gasteiger charge is -2.11. The summed E-state index contributed by atoms with van der Waals surface area (Å²) in [5, 5.41) is 13.1. The molecule has 0 aliphatic rings. The third-order valence-electron chi connectivity index (χ3n) is 3.87. The molecule has 0 unspecified atom stereocenters. The molecule has 4 rings (SSSR count). The quantitative estimate of drug-likeness (QED) is 0.545. The van der Waals surface area contributed by atoms with Crippen molar-refractivity contribution in [2.24, 2.45) is 0 Å². The molecule has 0 aliphatic heterocycles. The van der Waals surface area contributed by atoms with Crippen molar-refractivity contribution in [1.82, 2.24) is 19.8 Å². The van der Waals surface area contributed by atoms with Crippen molar-refractivity contribution in [3.05, 3.63) is 82.6 Å². The minimum absolute atomic E-state index is 0.479. The average molecular weight is 351 g/mol. The van der Waals surface area contributed by atoms with Crippen molar-refractivity contribution >= 4 is 17.2 Å². The molecule has 2 aromatic heterocycles. The molecule has 2 aromatic carbocycles. The van der Waals surface area contributed by atoms with E-state index in [1.54, 1.807) is 10.6 Å². The molecule has 0 saturated carbocycles. The Balaban J connectivity index is 1.68. The van der Waals surface area contributed by atoms with Crippen LogP contribution >= 0.6 is 11.6 Å². The summed E-state index contributed by atoms with van der Waals surface area (Å²) in [4.78, 5) is 0. The second-order valence-corrected chi connectivity index (χ2v) is 6.14. The highest BCUT2D eigenvalue weighted by molar-refractivity contribution is 6.30. The first kappa shape index (κ1) is 15.6. The summed E-state index contributed by atoms with van der Waals surface area (Å²) in [6, 6.07) is 19.4. The Morgan fingerprint density at radius 3 is 2.68 bits per heavy atom. The topological polar surface area (TPSA) is 52.3 Å². The molecular weight excluding hydrogens is 336 g/mol. The van der Waals surface area contributed by atoms with Gasteiger partial charge in [0.15, 0.2) is 11.5 Å². The van der Waals surface area contributed by atoms with Gasteiger partial charge in [0.2, 0.25) is 5.88 Å². The van der Waals surface area contributed by atoms with Gasteiger partial charge in [-0.2, -0.15) is 4.52 Å². The molecule has 0 spiro atoms. The molecule has 0 N–H and O–H groups in total. The van der Waals surface area contributed by atoms with Gasteiger partial charge >= 0.3 is 0 Å². The third-order valence-corrected chi connectivity index (χ3v) is 4.10. The standard InChI is InChI=1S/C19H15ClN4O/c1-13-21-22-18-9-10-19(23-24(13)18)25-17-8-7-16(20)12-15(17)11-14-5-3-2-4-6-14/h2-10,12H,11H2,1H3. The molecule has 25 heavy (non-hydrogen) atoms. The zero-order valence-electron chi connectivity index (χ0n) is 13.6. The van der Waals surface area contributed by atoms with Gasteiger partial charge in [-0.3, -0.25) is 0 Å². The van der Waals surface area contributed by atoms with Crippen molar-refractivity contribution in [2.45, 2.75) is 13.3 Å². The molecule has 2 heterocycles. The maximum absolute atomic E-state index is 6.18. The van der Waals surface area contributed by atoms with Crippen LogP contribution < -0.4 is 4.74 Å². The second kappa shape index (κ2) is 6.53. The highest BCUT2D eigenvalue weighted by atomic mass is 35.5. The van der Waals surface area contributed by atoms with Crippen LogP contribution in [-0.2, 0) is 6.42 Å². The maximum atomic E-state index is 6.18. The zero-order chi connectivity index (χ0) is 17.2. The smallest absolute Gasteiger partial charge is 0.237 e. The number of halogens is 1. The second-order valence-electron chi connectivity index (χ2n) is 5.71. The Kier molecular flexibility index (Phi) is 4.07. The van der Waals surface area contributed by atoms with Crippen molar-refractivity contribution in [3.63, 3.8) is 0 Å². The fraction of sp³-hybridized carbons (Fsp3) is 0.105. The lowest BCUT2D eigenvalue weighted by Crippen LogP contribution is -1.99. The Morgan fingerprint density at radius 1 is 1.00 bits per heavy atom. The number of hydrogen-bond donors (Lipinski definition) is 0. The van der Waals surface area contributed by atoms with E-state index in [-0.39, 0.29) is 0 Å². The van der Waals surface area contributed by atoms with E-state index in [4.69, 9.17) is 16.3 Å². The van der Waals surface area contributed by atoms with Crippen molar-refractivity contribution < 1.29 is 4.74 Å². The van der Waals surface area contributed by atoms with Crippen LogP contribution in [0.25, 0.3) is 5.65 Å². The SMILES string of the molecule is Cc1nnc2ccc(Oc3ccc(Cl)cc3Cc3ccccc3)nn12. The van der Waals surface area contributed by atoms with E-state index >= 15 is 0 Å². The van der Waals surface area contributed by atoms with E-state index in [0.29, 0.717) is 22.4 Å². The lowest BCUT2D eigenvalue weighted by molar-refractivity contribution is 0.447. The zero-order valence-corrected chi connectivity index (χ0v) is 14.3. The van der Waals surface area contributed by atoms with Crippen LogP contribution in [0.4, 0.5) is 0 Å². The van der Waals surface area contributed by atoms with Crippen molar-refractivity contribution in [3.8, 4) is 11.6 Å². The van der Waals surface area contributed by atoms with Gasteiger partial charge in [-0.05, 0) is 36.8 Å². The van der Waals surface area contributed by atoms with Crippen LogP contribution in [0.2, 0.25) is 5.02 Å². The lowest BCUT2D eigenvalue weighted by atomic mass is 10.0. The van der Waals surface area contributed by atoms with Crippen molar-refractivity contribution in [2.75, 3.05) is 0 Å². The van der Waals surface area contributed by atoms with Crippen LogP contribution in [-0.4, -0.2) is 19.8 Å². The molecule has 0 saturated heterocycles. The van der Waals surface area contributed by atoms with Crippen LogP contribution in [0, 0.1) is 6.92 Å². The van der Waals surface area contributed by atoms with E-state index in [2.05, 4.69) is 27.4 Å². The van der Waals surface area contributed by atoms with Crippen LogP contribution in [0.3, 0.4) is 0 Å². The fourth-order valence-electron chi connectivity index (χ4n) is 2.65. The van der Waals surface area contributed by atoms with Gasteiger partial charge in [-0.1, -0.05) is 41.9 Å². The molecule has 0 radical (unpaired) electrons. The number of aryl methyl sites for hydroxylation is 1. The van der Waals surface area contributed by atoms with E-state index in [0.717, 1.165) is 17.7 Å². The first-order valence-electron chi connectivity index (χ1n) is 7.88. The van der Waals surface area contributed by atoms with Crippen LogP contribution in [0.15, 0.2) is 60.7 Å². The molecule has 0 bridgehead atoms. The number of hydrogen-bond acceptors (Lipinski definition) is 4. The highest BCUT2D eigenvalue weighted by Gasteiger charge is 2.10. The molecular formula is C19H15ClN4O. The number of ether oxygens (including phenoxy) is 1. The average Bonchev–Trinajstić information content (AvgIpc) is 2.99. The molecule has 0 amide bonds. The summed E-state index contributed by atoms with van der Waals surface area (Å²) < 4.78 is 7.68. The first-order valence-corrected chi connectivity index (χ1v) is 8.26. The van der Waals surface area contributed by atoms with E-state index in [1.807, 2.05) is 49.4 Å². The number of rotatable bonds is 4. The van der Waals surface area contributed by atoms with E-state index in [9.17, 15) is 0 Å². The van der Waals surface area contributed by atoms with Gasteiger partial charge in [0, 0.05) is 23.1 Å². The Hall–Kier alpha value is -2.92. The number of benzene rings is 2. The van der Waals surface area contributed by atoms with E-state index in [1.165, 1.54) is 5.56 Å². The molecule has 124 valence electrons. The molecule has 4 aromatic rings. The maximum Gasteiger partial charge on any atom is 0.237 e. The van der Waals surface area contributed by atoms with Gasteiger partial charge in [0.25, 0.3) is 0 Å². The van der Waals surface area contributed by atoms with Gasteiger partial charge in [-0.15, -0.1) is 15.3 Å². The molecule has 6 heteroatoms. The predicted octanol–water partition coefficient (Wildman–Crippen LogP) is 4.47. The van der Waals surface area contributed by atoms with Gasteiger partial charge in [0.05, 0.1) is 0 Å². The van der Waals surface area contributed by atoms with Crippen LogP contribution in [0.5, 0.6) is 11.6 Å². The summed E-state index contributed by atoms with van der Waals surface area (Å²) in [7, 11) is 0. The summed E-state index contributed by atoms with van der Waals surface area (Å²) >= 11 is 6.18. The van der Waals surface area contributed by atoms with Crippen LogP contribution in [0.1, 0.15) is 17.0 Å². The highest BCUT2D eigenvalue weighted by Crippen LogP contribution is 2.29. The summed E-state index contributed by atoms with van der Waals surface area (Å²) in [6.07, 6.45) is 0.727. The largest absolute Gasteiger partial charge is 0.437 e. The monoisotopic (exact) mass is 350 g/mol. The Bertz CT molecular complexity index is 1030. The number of nitrogens with zero attached hydrogens (tertiary/aromatic N) is 4. The Morgan fingerprint density at radius 2 is 1.84 bits per heavy atom. The molecule has 0 atom stereocenters. The Labute approximate surface area is 149 Å². The summed E-state index contributed by atoms with van der Waals surface area (Å²) in [5.74, 6) is 1.92. The van der Waals surface area contributed by atoms with Gasteiger partial charge in [-0.25, -0.2) is 0 Å². The predicted molar refractivity (Wildman–Crippen MR) is 96.3 cm³/mol. The molecule has 0 aliphatic carbocycles. The first-order chi connectivity index (χ1) is 12.2. The van der Waals surface area contributed by atoms with E-state index < -0.39 is 0 Å². The third kappa shape index (κ3) is 3.32. The minimum atomic E-state index is 0.479. The van der Waals surface area contributed by atoms with Gasteiger partial charge in [0.1, 0.15) is 5.75 Å². The molecule has 0 fully saturated rings. The summed E-state index contributed by atoms with van der Waals surface area (Å²) in [6.45, 7) is 1.85. The number of fused-ring (bicyclic) bond motifs is 1. The van der Waals surface area contributed by atoms with Crippen molar-refractivity contribution in [1.29, 1.82) is 0 Å². The van der Waals surface area contributed by atoms with Gasteiger partial charge < -0.3 is 4.74 Å². The minimum Gasteiger partial charge on any atom is -0.437 e. The number of aromatic nitrogens is 4. The fourth-order valence-corrected chi connectivity index (χ4v) is 2.84. The normalized spacial score (nSPS) is 11.0. The molecule has 5 nitrogen and oxygen atoms in total.